The molecule has 0 aromatic heterocycles. The van der Waals surface area contributed by atoms with E-state index < -0.39 is 0 Å². The van der Waals surface area contributed by atoms with Crippen LogP contribution in [0.25, 0.3) is 0 Å². The first-order chi connectivity index (χ1) is 5.20. The van der Waals surface area contributed by atoms with E-state index >= 15 is 0 Å². The Hall–Kier alpha value is -1.24. The third-order valence-corrected chi connectivity index (χ3v) is 0.778. The zero-order valence-corrected chi connectivity index (χ0v) is 7.39. The molecule has 11 heavy (non-hydrogen) atoms. The van der Waals surface area contributed by atoms with Gasteiger partial charge in [0.1, 0.15) is 5.76 Å². The summed E-state index contributed by atoms with van der Waals surface area (Å²) < 4.78 is 5.10. The minimum Gasteiger partial charge on any atom is -0.463 e. The van der Waals surface area contributed by atoms with Crippen molar-refractivity contribution in [2.45, 2.75) is 13.8 Å². The maximum Gasteiger partial charge on any atom is 0.122 e. The fourth-order valence-corrected chi connectivity index (χ4v) is 0.420. The third kappa shape index (κ3) is 8.76. The summed E-state index contributed by atoms with van der Waals surface area (Å²) in [5, 5.41) is 0. The van der Waals surface area contributed by atoms with Crippen molar-refractivity contribution < 1.29 is 4.74 Å². The second-order valence-corrected chi connectivity index (χ2v) is 1.70. The highest BCUT2D eigenvalue weighted by atomic mass is 16.5. The molecule has 0 aliphatic heterocycles. The lowest BCUT2D eigenvalue weighted by atomic mass is 10.4. The van der Waals surface area contributed by atoms with E-state index in [0.29, 0.717) is 5.76 Å². The molecule has 0 amide bonds. The molecule has 0 rings (SSSR count). The van der Waals surface area contributed by atoms with Crippen molar-refractivity contribution in [1.82, 2.24) is 0 Å². The molecule has 0 saturated heterocycles. The van der Waals surface area contributed by atoms with Crippen molar-refractivity contribution >= 4 is 0 Å². The van der Waals surface area contributed by atoms with E-state index in [0.717, 1.165) is 5.76 Å². The highest BCUT2D eigenvalue weighted by molar-refractivity contribution is 5.09. The molecule has 0 heterocycles. The summed E-state index contributed by atoms with van der Waals surface area (Å²) in [6.45, 7) is 16.8. The molecular weight excluding hydrogens is 136 g/mol. The van der Waals surface area contributed by atoms with E-state index in [9.17, 15) is 0 Å². The zero-order valence-electron chi connectivity index (χ0n) is 7.39. The number of hydrogen-bond acceptors (Lipinski definition) is 1. The fraction of sp³-hybridized carbons (Fsp3) is 0.200. The molecule has 0 bridgehead atoms. The molecule has 0 radical (unpaired) electrons. The van der Waals surface area contributed by atoms with Gasteiger partial charge in [0.15, 0.2) is 0 Å². The Morgan fingerprint density at radius 2 is 1.82 bits per heavy atom. The molecule has 0 fully saturated rings. The smallest absolute Gasteiger partial charge is 0.122 e. The normalized spacial score (nSPS) is 9.09. The van der Waals surface area contributed by atoms with E-state index in [2.05, 4.69) is 26.3 Å². The summed E-state index contributed by atoms with van der Waals surface area (Å²) >= 11 is 0. The molecule has 62 valence electrons. The van der Waals surface area contributed by atoms with Crippen LogP contribution in [0.3, 0.4) is 0 Å². The molecule has 0 aromatic carbocycles. The zero-order chi connectivity index (χ0) is 9.28. The van der Waals surface area contributed by atoms with E-state index in [1.165, 1.54) is 0 Å². The van der Waals surface area contributed by atoms with Gasteiger partial charge in [-0.1, -0.05) is 13.2 Å². The van der Waals surface area contributed by atoms with Crippen LogP contribution in [-0.4, -0.2) is 0 Å². The molecule has 0 aliphatic rings. The first-order valence-corrected chi connectivity index (χ1v) is 3.32. The van der Waals surface area contributed by atoms with Crippen LogP contribution in [0, 0.1) is 0 Å². The van der Waals surface area contributed by atoms with Gasteiger partial charge in [0.05, 0.1) is 5.76 Å². The van der Waals surface area contributed by atoms with Crippen molar-refractivity contribution in [2.75, 3.05) is 0 Å². The Balaban J connectivity index is 0. The van der Waals surface area contributed by atoms with Gasteiger partial charge in [0.2, 0.25) is 0 Å². The Labute approximate surface area is 69.4 Å². The van der Waals surface area contributed by atoms with Gasteiger partial charge in [-0.2, -0.15) is 0 Å². The van der Waals surface area contributed by atoms with Crippen LogP contribution >= 0.6 is 0 Å². The Bertz CT molecular complexity index is 154. The van der Waals surface area contributed by atoms with E-state index in [1.807, 2.05) is 13.0 Å². The van der Waals surface area contributed by atoms with Gasteiger partial charge in [0.25, 0.3) is 0 Å². The van der Waals surface area contributed by atoms with Gasteiger partial charge in [-0.3, -0.25) is 0 Å². The van der Waals surface area contributed by atoms with Gasteiger partial charge in [0, 0.05) is 0 Å². The van der Waals surface area contributed by atoms with Crippen molar-refractivity contribution in [2.24, 2.45) is 0 Å². The summed E-state index contributed by atoms with van der Waals surface area (Å²) in [5.74, 6) is 1.44. The van der Waals surface area contributed by atoms with Crippen LogP contribution in [0.1, 0.15) is 13.8 Å². The first kappa shape index (κ1) is 12.4. The van der Waals surface area contributed by atoms with Crippen LogP contribution in [0.4, 0.5) is 0 Å². The predicted molar refractivity (Wildman–Crippen MR) is 51.1 cm³/mol. The minimum atomic E-state index is 0.683. The van der Waals surface area contributed by atoms with Crippen molar-refractivity contribution in [1.29, 1.82) is 0 Å². The molecule has 0 N–H and O–H groups in total. The van der Waals surface area contributed by atoms with Crippen LogP contribution in [-0.2, 0) is 4.74 Å². The third-order valence-electron chi connectivity index (χ3n) is 0.778. The second kappa shape index (κ2) is 8.76. The lowest BCUT2D eigenvalue weighted by molar-refractivity contribution is 0.324. The molecule has 0 aliphatic carbocycles. The first-order valence-electron chi connectivity index (χ1n) is 3.32. The molecule has 0 spiro atoms. The van der Waals surface area contributed by atoms with Crippen molar-refractivity contribution in [3.8, 4) is 0 Å². The number of rotatable bonds is 3. The number of hydrogen-bond donors (Lipinski definition) is 0. The lowest BCUT2D eigenvalue weighted by Gasteiger charge is -2.02. The molecule has 0 unspecified atom stereocenters. The molecular formula is C10H16O. The summed E-state index contributed by atoms with van der Waals surface area (Å²) in [5.41, 5.74) is 0. The average Bonchev–Trinajstić information content (AvgIpc) is 2.03. The van der Waals surface area contributed by atoms with Crippen LogP contribution in [0.2, 0.25) is 0 Å². The molecule has 0 atom stereocenters. The van der Waals surface area contributed by atoms with E-state index in [-0.39, 0.29) is 0 Å². The maximum absolute atomic E-state index is 5.10. The summed E-state index contributed by atoms with van der Waals surface area (Å²) in [7, 11) is 0. The summed E-state index contributed by atoms with van der Waals surface area (Å²) in [4.78, 5) is 0. The Morgan fingerprint density at radius 1 is 1.36 bits per heavy atom. The fourth-order valence-electron chi connectivity index (χ4n) is 0.420. The van der Waals surface area contributed by atoms with Crippen molar-refractivity contribution in [3.63, 3.8) is 0 Å². The van der Waals surface area contributed by atoms with Gasteiger partial charge >= 0.3 is 0 Å². The summed E-state index contributed by atoms with van der Waals surface area (Å²) in [6, 6.07) is 0. The minimum absolute atomic E-state index is 0.683. The topological polar surface area (TPSA) is 9.23 Å². The SMILES string of the molecule is C=C.C=C/C(=C\C)OC(=C)C. The highest BCUT2D eigenvalue weighted by Crippen LogP contribution is 2.03. The Morgan fingerprint density at radius 3 is 1.91 bits per heavy atom. The lowest BCUT2D eigenvalue weighted by Crippen LogP contribution is -1.83. The molecule has 1 nitrogen and oxygen atoms in total. The van der Waals surface area contributed by atoms with Gasteiger partial charge < -0.3 is 4.74 Å². The number of ether oxygens (including phenoxy) is 1. The molecule has 1 heteroatoms. The van der Waals surface area contributed by atoms with E-state index in [4.69, 9.17) is 4.74 Å². The van der Waals surface area contributed by atoms with Gasteiger partial charge in [-0.15, -0.1) is 13.2 Å². The Kier molecular flexibility index (Phi) is 9.90. The average molecular weight is 152 g/mol. The van der Waals surface area contributed by atoms with Gasteiger partial charge in [-0.25, -0.2) is 0 Å². The van der Waals surface area contributed by atoms with Crippen LogP contribution in [0.5, 0.6) is 0 Å². The quantitative estimate of drug-likeness (QED) is 0.342. The predicted octanol–water partition coefficient (Wildman–Crippen LogP) is 3.43. The van der Waals surface area contributed by atoms with Gasteiger partial charge in [-0.05, 0) is 26.0 Å². The maximum atomic E-state index is 5.10. The van der Waals surface area contributed by atoms with E-state index in [1.54, 1.807) is 13.0 Å². The van der Waals surface area contributed by atoms with Crippen LogP contribution < -0.4 is 0 Å². The molecule has 0 saturated carbocycles. The highest BCUT2D eigenvalue weighted by Gasteiger charge is 1.87. The standard InChI is InChI=1S/C8H12O.C2H4/c1-5-8(6-2)9-7(3)4;1-2/h5-6H,1,3H2,2,4H3;1-2H2/b8-6+;. The number of allylic oxidation sites excluding steroid dienone is 3. The van der Waals surface area contributed by atoms with Crippen molar-refractivity contribution in [3.05, 3.63) is 50.0 Å². The monoisotopic (exact) mass is 152 g/mol. The largest absolute Gasteiger partial charge is 0.463 e. The molecule has 0 aromatic rings. The summed E-state index contributed by atoms with van der Waals surface area (Å²) in [6.07, 6.45) is 3.48. The van der Waals surface area contributed by atoms with Crippen LogP contribution in [0.15, 0.2) is 50.0 Å². The second-order valence-electron chi connectivity index (χ2n) is 1.70.